The zero-order valence-electron chi connectivity index (χ0n) is 11.1. The smallest absolute Gasteiger partial charge is 0.274 e. The maximum absolute atomic E-state index is 13.8. The number of benzene rings is 1. The molecule has 1 aromatic rings. The van der Waals surface area contributed by atoms with E-state index in [4.69, 9.17) is 11.5 Å². The fourth-order valence-electron chi connectivity index (χ4n) is 1.43. The van der Waals surface area contributed by atoms with Crippen LogP contribution in [0.1, 0.15) is 13.8 Å². The standard InChI is InChI=1S/C10H13FN4O5S/c1-10(2,9(13)16)14-21(19,20)8-6(11)3-5(15(17)18)4-7(8)12/h3-4,14H,12H2,1-2H3,(H2,13,16). The SMILES string of the molecule is CC(C)(NS(=O)(=O)c1c(N)cc([N+](=O)[O-])cc1F)C(N)=O. The third kappa shape index (κ3) is 3.44. The first-order valence-electron chi connectivity index (χ1n) is 5.46. The summed E-state index contributed by atoms with van der Waals surface area (Å²) in [5.74, 6) is -2.40. The molecular weight excluding hydrogens is 307 g/mol. The molecule has 0 unspecified atom stereocenters. The Bertz CT molecular complexity index is 693. The van der Waals surface area contributed by atoms with Gasteiger partial charge in [0.2, 0.25) is 15.9 Å². The Kier molecular flexibility index (Phi) is 4.20. The molecule has 0 aliphatic carbocycles. The van der Waals surface area contributed by atoms with Crippen LogP contribution in [0.2, 0.25) is 0 Å². The highest BCUT2D eigenvalue weighted by Crippen LogP contribution is 2.28. The summed E-state index contributed by atoms with van der Waals surface area (Å²) >= 11 is 0. The van der Waals surface area contributed by atoms with E-state index in [0.717, 1.165) is 0 Å². The molecule has 1 amide bonds. The average Bonchev–Trinajstić information content (AvgIpc) is 2.25. The number of nitro benzene ring substituents is 1. The average molecular weight is 320 g/mol. The normalized spacial score (nSPS) is 12.1. The fourth-order valence-corrected chi connectivity index (χ4v) is 2.99. The van der Waals surface area contributed by atoms with Gasteiger partial charge in [0.15, 0.2) is 5.82 Å². The minimum Gasteiger partial charge on any atom is -0.397 e. The largest absolute Gasteiger partial charge is 0.397 e. The number of nitrogens with one attached hydrogen (secondary N) is 1. The van der Waals surface area contributed by atoms with E-state index in [1.54, 1.807) is 0 Å². The van der Waals surface area contributed by atoms with Gasteiger partial charge in [0.25, 0.3) is 5.69 Å². The van der Waals surface area contributed by atoms with Gasteiger partial charge in [-0.2, -0.15) is 4.72 Å². The predicted octanol–water partition coefficient (Wildman–Crippen LogP) is -0.142. The summed E-state index contributed by atoms with van der Waals surface area (Å²) in [4.78, 5) is 19.8. The number of sulfonamides is 1. The number of primary amides is 1. The number of nitrogen functional groups attached to an aromatic ring is 1. The molecular formula is C10H13FN4O5S. The third-order valence-electron chi connectivity index (χ3n) is 2.54. The van der Waals surface area contributed by atoms with Crippen molar-refractivity contribution in [1.29, 1.82) is 0 Å². The van der Waals surface area contributed by atoms with Crippen molar-refractivity contribution >= 4 is 27.3 Å². The Balaban J connectivity index is 3.40. The maximum atomic E-state index is 13.8. The lowest BCUT2D eigenvalue weighted by Gasteiger charge is -2.22. The number of nitro groups is 1. The van der Waals surface area contributed by atoms with Crippen molar-refractivity contribution < 1.29 is 22.5 Å². The van der Waals surface area contributed by atoms with Crippen molar-refractivity contribution in [3.8, 4) is 0 Å². The van der Waals surface area contributed by atoms with Crippen LogP contribution in [0.3, 0.4) is 0 Å². The van der Waals surface area contributed by atoms with Crippen molar-refractivity contribution in [2.24, 2.45) is 5.73 Å². The Hall–Kier alpha value is -2.27. The van der Waals surface area contributed by atoms with Crippen LogP contribution in [0.25, 0.3) is 0 Å². The van der Waals surface area contributed by atoms with Crippen LogP contribution in [0.4, 0.5) is 15.8 Å². The fraction of sp³-hybridized carbons (Fsp3) is 0.300. The molecule has 0 aliphatic heterocycles. The van der Waals surface area contributed by atoms with Gasteiger partial charge in [0, 0.05) is 6.07 Å². The maximum Gasteiger partial charge on any atom is 0.274 e. The number of hydrogen-bond donors (Lipinski definition) is 3. The minimum atomic E-state index is -4.54. The van der Waals surface area contributed by atoms with Gasteiger partial charge in [-0.1, -0.05) is 0 Å². The monoisotopic (exact) mass is 320 g/mol. The molecule has 116 valence electrons. The number of hydrogen-bond acceptors (Lipinski definition) is 6. The van der Waals surface area contributed by atoms with E-state index in [0.29, 0.717) is 12.1 Å². The first-order chi connectivity index (χ1) is 9.38. The molecule has 5 N–H and O–H groups in total. The Morgan fingerprint density at radius 3 is 2.33 bits per heavy atom. The zero-order valence-corrected chi connectivity index (χ0v) is 11.9. The first-order valence-corrected chi connectivity index (χ1v) is 6.94. The molecule has 0 aromatic heterocycles. The van der Waals surface area contributed by atoms with Crippen molar-refractivity contribution in [2.75, 3.05) is 5.73 Å². The van der Waals surface area contributed by atoms with Gasteiger partial charge in [-0.3, -0.25) is 14.9 Å². The summed E-state index contributed by atoms with van der Waals surface area (Å²) in [5.41, 5.74) is 7.33. The van der Waals surface area contributed by atoms with E-state index in [1.165, 1.54) is 13.8 Å². The second-order valence-corrected chi connectivity index (χ2v) is 6.32. The lowest BCUT2D eigenvalue weighted by molar-refractivity contribution is -0.385. The highest BCUT2D eigenvalue weighted by atomic mass is 32.2. The molecule has 0 saturated carbocycles. The van der Waals surface area contributed by atoms with Crippen LogP contribution in [0, 0.1) is 15.9 Å². The Labute approximate surface area is 119 Å². The molecule has 0 spiro atoms. The van der Waals surface area contributed by atoms with Crippen molar-refractivity contribution in [3.05, 3.63) is 28.1 Å². The molecule has 0 aliphatic rings. The molecule has 0 fully saturated rings. The number of halogens is 1. The molecule has 21 heavy (non-hydrogen) atoms. The molecule has 0 radical (unpaired) electrons. The lowest BCUT2D eigenvalue weighted by atomic mass is 10.1. The summed E-state index contributed by atoms with van der Waals surface area (Å²) in [5, 5.41) is 10.5. The van der Waals surface area contributed by atoms with E-state index in [9.17, 15) is 27.7 Å². The van der Waals surface area contributed by atoms with Crippen LogP contribution in [0.15, 0.2) is 17.0 Å². The Morgan fingerprint density at radius 1 is 1.43 bits per heavy atom. The number of anilines is 1. The molecule has 1 rings (SSSR count). The van der Waals surface area contributed by atoms with Gasteiger partial charge < -0.3 is 11.5 Å². The first kappa shape index (κ1) is 16.8. The molecule has 1 aromatic carbocycles. The third-order valence-corrected chi connectivity index (χ3v) is 4.29. The van der Waals surface area contributed by atoms with Gasteiger partial charge >= 0.3 is 0 Å². The minimum absolute atomic E-state index is 0.419. The number of rotatable bonds is 5. The van der Waals surface area contributed by atoms with Gasteiger partial charge in [0.1, 0.15) is 10.4 Å². The second-order valence-electron chi connectivity index (χ2n) is 4.70. The zero-order chi connectivity index (χ0) is 16.6. The predicted molar refractivity (Wildman–Crippen MR) is 71.1 cm³/mol. The van der Waals surface area contributed by atoms with Gasteiger partial charge in [-0.05, 0) is 13.8 Å². The molecule has 0 bridgehead atoms. The van der Waals surface area contributed by atoms with Crippen molar-refractivity contribution in [1.82, 2.24) is 4.72 Å². The van der Waals surface area contributed by atoms with E-state index in [1.807, 2.05) is 4.72 Å². The number of amides is 1. The highest BCUT2D eigenvalue weighted by Gasteiger charge is 2.34. The summed E-state index contributed by atoms with van der Waals surface area (Å²) in [6.07, 6.45) is 0. The van der Waals surface area contributed by atoms with Crippen molar-refractivity contribution in [2.45, 2.75) is 24.3 Å². The van der Waals surface area contributed by atoms with E-state index in [-0.39, 0.29) is 0 Å². The number of nitrogens with zero attached hydrogens (tertiary/aromatic N) is 1. The number of carbonyl (C=O) groups is 1. The lowest BCUT2D eigenvalue weighted by Crippen LogP contribution is -2.53. The highest BCUT2D eigenvalue weighted by molar-refractivity contribution is 7.89. The van der Waals surface area contributed by atoms with E-state index < -0.39 is 48.5 Å². The van der Waals surface area contributed by atoms with Crippen LogP contribution in [0.5, 0.6) is 0 Å². The van der Waals surface area contributed by atoms with Crippen LogP contribution >= 0.6 is 0 Å². The van der Waals surface area contributed by atoms with E-state index >= 15 is 0 Å². The quantitative estimate of drug-likeness (QED) is 0.389. The van der Waals surface area contributed by atoms with Crippen LogP contribution in [-0.4, -0.2) is 24.8 Å². The molecule has 11 heteroatoms. The molecule has 9 nitrogen and oxygen atoms in total. The van der Waals surface area contributed by atoms with E-state index in [2.05, 4.69) is 0 Å². The number of non-ortho nitro benzene ring substituents is 1. The van der Waals surface area contributed by atoms with Crippen LogP contribution in [-0.2, 0) is 14.8 Å². The summed E-state index contributed by atoms with van der Waals surface area (Å²) in [6.45, 7) is 2.35. The second kappa shape index (κ2) is 5.26. The molecule has 0 atom stereocenters. The summed E-state index contributed by atoms with van der Waals surface area (Å²) in [7, 11) is -4.54. The summed E-state index contributed by atoms with van der Waals surface area (Å²) < 4.78 is 39.8. The van der Waals surface area contributed by atoms with Gasteiger partial charge in [-0.25, -0.2) is 12.8 Å². The molecule has 0 saturated heterocycles. The number of nitrogens with two attached hydrogens (primary N) is 2. The summed E-state index contributed by atoms with van der Waals surface area (Å²) in [6, 6.07) is 1.12. The molecule has 0 heterocycles. The van der Waals surface area contributed by atoms with Gasteiger partial charge in [-0.15, -0.1) is 0 Å². The number of carbonyl (C=O) groups excluding carboxylic acids is 1. The van der Waals surface area contributed by atoms with Gasteiger partial charge in [0.05, 0.1) is 16.7 Å². The van der Waals surface area contributed by atoms with Crippen molar-refractivity contribution in [3.63, 3.8) is 0 Å². The Morgan fingerprint density at radius 2 is 1.95 bits per heavy atom. The topological polar surface area (TPSA) is 158 Å². The van der Waals surface area contributed by atoms with Crippen LogP contribution < -0.4 is 16.2 Å².